The maximum Gasteiger partial charge on any atom is 0.435 e. The molecular weight excluding hydrogens is 330 g/mol. The van der Waals surface area contributed by atoms with Crippen LogP contribution in [0.4, 0.5) is 10.6 Å². The average molecular weight is 351 g/mol. The number of anilines is 1. The van der Waals surface area contributed by atoms with Gasteiger partial charge >= 0.3 is 6.09 Å². The van der Waals surface area contributed by atoms with Gasteiger partial charge in [-0.15, -0.1) is 5.10 Å². The van der Waals surface area contributed by atoms with Crippen LogP contribution in [0.3, 0.4) is 0 Å². The normalized spacial score (nSPS) is 11.3. The third-order valence-corrected chi connectivity index (χ3v) is 3.62. The number of nitrogens with zero attached hydrogens (tertiary/aromatic N) is 2. The van der Waals surface area contributed by atoms with Crippen molar-refractivity contribution in [1.82, 2.24) is 9.78 Å². The first-order valence-corrected chi connectivity index (χ1v) is 8.38. The lowest BCUT2D eigenvalue weighted by Crippen LogP contribution is -2.27. The predicted octanol–water partition coefficient (Wildman–Crippen LogP) is 4.00. The number of carbonyl (C=O) groups is 2. The van der Waals surface area contributed by atoms with E-state index in [-0.39, 0.29) is 12.3 Å². The Morgan fingerprint density at radius 2 is 1.69 bits per heavy atom. The number of aromatic nitrogens is 2. The molecule has 6 nitrogen and oxygen atoms in total. The van der Waals surface area contributed by atoms with E-state index in [0.717, 1.165) is 5.56 Å². The minimum Gasteiger partial charge on any atom is -0.442 e. The molecule has 6 heteroatoms. The monoisotopic (exact) mass is 351 g/mol. The Labute approximate surface area is 151 Å². The van der Waals surface area contributed by atoms with Gasteiger partial charge in [0.15, 0.2) is 5.82 Å². The van der Waals surface area contributed by atoms with E-state index >= 15 is 0 Å². The summed E-state index contributed by atoms with van der Waals surface area (Å²) in [6.07, 6.45) is -0.355. The van der Waals surface area contributed by atoms with E-state index < -0.39 is 11.7 Å². The second-order valence-electron chi connectivity index (χ2n) is 6.97. The molecule has 0 radical (unpaired) electrons. The van der Waals surface area contributed by atoms with Gasteiger partial charge in [0.05, 0.1) is 11.9 Å². The maximum absolute atomic E-state index is 12.4. The van der Waals surface area contributed by atoms with Gasteiger partial charge in [-0.2, -0.15) is 4.68 Å². The Bertz CT molecular complexity index is 940. The summed E-state index contributed by atoms with van der Waals surface area (Å²) >= 11 is 0. The van der Waals surface area contributed by atoms with Crippen LogP contribution >= 0.6 is 0 Å². The van der Waals surface area contributed by atoms with E-state index in [9.17, 15) is 9.59 Å². The molecule has 0 aliphatic rings. The van der Waals surface area contributed by atoms with Crippen molar-refractivity contribution >= 4 is 28.7 Å². The highest BCUT2D eigenvalue weighted by molar-refractivity contribution is 6.02. The van der Waals surface area contributed by atoms with Crippen LogP contribution in [0.2, 0.25) is 0 Å². The fraction of sp³-hybridized carbons (Fsp3) is 0.250. The van der Waals surface area contributed by atoms with E-state index in [2.05, 4.69) is 10.4 Å². The number of ether oxygens (including phenoxy) is 1. The van der Waals surface area contributed by atoms with Gasteiger partial charge in [-0.1, -0.05) is 42.5 Å². The molecule has 0 unspecified atom stereocenters. The van der Waals surface area contributed by atoms with Gasteiger partial charge in [-0.3, -0.25) is 4.79 Å². The van der Waals surface area contributed by atoms with Gasteiger partial charge in [0.1, 0.15) is 5.60 Å². The lowest BCUT2D eigenvalue weighted by atomic mass is 10.1. The number of carbonyl (C=O) groups excluding carboxylic acids is 2. The lowest BCUT2D eigenvalue weighted by molar-refractivity contribution is -0.115. The predicted molar refractivity (Wildman–Crippen MR) is 100 cm³/mol. The highest BCUT2D eigenvalue weighted by atomic mass is 16.6. The highest BCUT2D eigenvalue weighted by Gasteiger charge is 2.22. The Balaban J connectivity index is 1.87. The van der Waals surface area contributed by atoms with E-state index in [1.54, 1.807) is 39.0 Å². The number of para-hydroxylation sites is 1. The van der Waals surface area contributed by atoms with Crippen LogP contribution < -0.4 is 5.32 Å². The van der Waals surface area contributed by atoms with Gasteiger partial charge < -0.3 is 10.1 Å². The van der Waals surface area contributed by atoms with Gasteiger partial charge in [-0.05, 0) is 38.5 Å². The molecule has 0 atom stereocenters. The van der Waals surface area contributed by atoms with Crippen molar-refractivity contribution in [3.8, 4) is 0 Å². The van der Waals surface area contributed by atoms with Crippen molar-refractivity contribution in [3.63, 3.8) is 0 Å². The zero-order valence-electron chi connectivity index (χ0n) is 15.0. The zero-order valence-corrected chi connectivity index (χ0v) is 15.0. The average Bonchev–Trinajstić information content (AvgIpc) is 2.93. The first-order valence-electron chi connectivity index (χ1n) is 8.38. The Kier molecular flexibility index (Phi) is 4.75. The summed E-state index contributed by atoms with van der Waals surface area (Å²) in [5, 5.41) is 7.74. The highest BCUT2D eigenvalue weighted by Crippen LogP contribution is 2.24. The van der Waals surface area contributed by atoms with Crippen LogP contribution in [0.25, 0.3) is 10.9 Å². The van der Waals surface area contributed by atoms with Gasteiger partial charge in [0.2, 0.25) is 5.91 Å². The lowest BCUT2D eigenvalue weighted by Gasteiger charge is -2.19. The van der Waals surface area contributed by atoms with Crippen LogP contribution in [0, 0.1) is 0 Å². The van der Waals surface area contributed by atoms with Crippen molar-refractivity contribution in [2.24, 2.45) is 0 Å². The van der Waals surface area contributed by atoms with Gasteiger partial charge in [-0.25, -0.2) is 4.79 Å². The molecule has 0 saturated carbocycles. The van der Waals surface area contributed by atoms with Gasteiger partial charge in [0.25, 0.3) is 0 Å². The van der Waals surface area contributed by atoms with Crippen LogP contribution in [0.15, 0.2) is 54.6 Å². The first kappa shape index (κ1) is 17.7. The third kappa shape index (κ3) is 4.08. The molecule has 0 aliphatic heterocycles. The molecule has 3 aromatic rings. The van der Waals surface area contributed by atoms with E-state index in [4.69, 9.17) is 4.74 Å². The molecule has 3 rings (SSSR count). The topological polar surface area (TPSA) is 73.2 Å². The molecular formula is C20H21N3O3. The molecule has 0 saturated heterocycles. The van der Waals surface area contributed by atoms with E-state index in [1.807, 2.05) is 36.4 Å². The molecule has 0 fully saturated rings. The number of rotatable bonds is 3. The molecule has 0 bridgehead atoms. The first-order chi connectivity index (χ1) is 12.3. The second kappa shape index (κ2) is 7.00. The molecule has 26 heavy (non-hydrogen) atoms. The smallest absolute Gasteiger partial charge is 0.435 e. The van der Waals surface area contributed by atoms with Crippen molar-refractivity contribution in [3.05, 3.63) is 60.2 Å². The number of hydrogen-bond acceptors (Lipinski definition) is 4. The molecule has 134 valence electrons. The van der Waals surface area contributed by atoms with E-state index in [1.165, 1.54) is 4.68 Å². The number of amides is 1. The summed E-state index contributed by atoms with van der Waals surface area (Å²) in [4.78, 5) is 24.8. The summed E-state index contributed by atoms with van der Waals surface area (Å²) in [6, 6.07) is 16.6. The molecule has 1 aromatic heterocycles. The van der Waals surface area contributed by atoms with Gasteiger partial charge in [0, 0.05) is 5.39 Å². The number of nitrogens with one attached hydrogen (secondary N) is 1. The van der Waals surface area contributed by atoms with Crippen LogP contribution in [0.5, 0.6) is 0 Å². The summed E-state index contributed by atoms with van der Waals surface area (Å²) in [7, 11) is 0. The summed E-state index contributed by atoms with van der Waals surface area (Å²) in [5.41, 5.74) is 0.846. The number of hydrogen-bond donors (Lipinski definition) is 1. The minimum absolute atomic E-state index is 0.198. The zero-order chi connectivity index (χ0) is 18.7. The molecule has 0 aliphatic carbocycles. The molecule has 1 amide bonds. The fourth-order valence-corrected chi connectivity index (χ4v) is 2.56. The molecule has 0 spiro atoms. The summed E-state index contributed by atoms with van der Waals surface area (Å²) < 4.78 is 6.57. The van der Waals surface area contributed by atoms with Crippen LogP contribution in [-0.4, -0.2) is 27.4 Å². The quantitative estimate of drug-likeness (QED) is 0.774. The van der Waals surface area contributed by atoms with Crippen molar-refractivity contribution in [2.75, 3.05) is 5.32 Å². The SMILES string of the molecule is CC(C)(C)OC(=O)n1nc(NC(=O)Cc2ccccc2)c2ccccc21. The minimum atomic E-state index is -0.638. The maximum atomic E-state index is 12.4. The Morgan fingerprint density at radius 3 is 2.38 bits per heavy atom. The standard InChI is InChI=1S/C20H21N3O3/c1-20(2,3)26-19(25)23-16-12-8-7-11-15(16)18(22-23)21-17(24)13-14-9-5-4-6-10-14/h4-12H,13H2,1-3H3,(H,21,22,24). The summed E-state index contributed by atoms with van der Waals surface area (Å²) in [5.74, 6) is 0.142. The molecule has 1 heterocycles. The Hall–Kier alpha value is -3.15. The number of benzene rings is 2. The van der Waals surface area contributed by atoms with Crippen LogP contribution in [0.1, 0.15) is 26.3 Å². The molecule has 2 aromatic carbocycles. The molecule has 1 N–H and O–H groups in total. The van der Waals surface area contributed by atoms with Crippen molar-refractivity contribution in [1.29, 1.82) is 0 Å². The second-order valence-corrected chi connectivity index (χ2v) is 6.97. The Morgan fingerprint density at radius 1 is 1.04 bits per heavy atom. The van der Waals surface area contributed by atoms with Crippen molar-refractivity contribution < 1.29 is 14.3 Å². The van der Waals surface area contributed by atoms with Crippen LogP contribution in [-0.2, 0) is 16.0 Å². The van der Waals surface area contributed by atoms with E-state index in [0.29, 0.717) is 16.7 Å². The summed E-state index contributed by atoms with van der Waals surface area (Å²) in [6.45, 7) is 5.37. The largest absolute Gasteiger partial charge is 0.442 e. The third-order valence-electron chi connectivity index (χ3n) is 3.62. The van der Waals surface area contributed by atoms with Crippen molar-refractivity contribution in [2.45, 2.75) is 32.8 Å². The fourth-order valence-electron chi connectivity index (χ4n) is 2.56. The number of fused-ring (bicyclic) bond motifs is 1.